The quantitative estimate of drug-likeness (QED) is 0.853. The van der Waals surface area contributed by atoms with E-state index in [0.29, 0.717) is 6.54 Å². The first-order chi connectivity index (χ1) is 9.75. The molecule has 0 aliphatic carbocycles. The molecule has 1 aromatic carbocycles. The fourth-order valence-corrected chi connectivity index (χ4v) is 2.70. The van der Waals surface area contributed by atoms with Gasteiger partial charge in [-0.3, -0.25) is 9.69 Å². The third-order valence-corrected chi connectivity index (χ3v) is 3.65. The number of rotatable bonds is 4. The van der Waals surface area contributed by atoms with Crippen molar-refractivity contribution in [3.8, 4) is 5.69 Å². The molecule has 0 saturated carbocycles. The molecule has 1 aliphatic heterocycles. The largest absolute Gasteiger partial charge is 0.368 e. The minimum absolute atomic E-state index is 0.170. The summed E-state index contributed by atoms with van der Waals surface area (Å²) < 4.78 is 1.63. The Balaban J connectivity index is 1.86. The van der Waals surface area contributed by atoms with E-state index in [-0.39, 0.29) is 11.9 Å². The molecule has 7 nitrogen and oxygen atoms in total. The van der Waals surface area contributed by atoms with E-state index in [1.165, 1.54) is 0 Å². The van der Waals surface area contributed by atoms with E-state index in [0.717, 1.165) is 30.6 Å². The molecule has 0 bridgehead atoms. The lowest BCUT2D eigenvalue weighted by Gasteiger charge is -2.22. The molecule has 1 aromatic heterocycles. The van der Waals surface area contributed by atoms with Crippen LogP contribution in [0.15, 0.2) is 30.6 Å². The topological polar surface area (TPSA) is 89.9 Å². The lowest BCUT2D eigenvalue weighted by Crippen LogP contribution is -2.39. The van der Waals surface area contributed by atoms with E-state index in [1.807, 2.05) is 24.3 Å². The smallest absolute Gasteiger partial charge is 0.234 e. The van der Waals surface area contributed by atoms with Crippen molar-refractivity contribution in [2.45, 2.75) is 25.4 Å². The van der Waals surface area contributed by atoms with Gasteiger partial charge in [0.1, 0.15) is 6.33 Å². The normalized spacial score (nSPS) is 19.3. The molecule has 2 heterocycles. The zero-order valence-electron chi connectivity index (χ0n) is 11.0. The Kier molecular flexibility index (Phi) is 3.42. The zero-order valence-corrected chi connectivity index (χ0v) is 11.0. The van der Waals surface area contributed by atoms with E-state index < -0.39 is 0 Å². The van der Waals surface area contributed by atoms with Crippen LogP contribution in [0.5, 0.6) is 0 Å². The molecule has 0 radical (unpaired) electrons. The molecule has 1 atom stereocenters. The predicted molar refractivity (Wildman–Crippen MR) is 71.8 cm³/mol. The Morgan fingerprint density at radius 2 is 2.25 bits per heavy atom. The first-order valence-corrected chi connectivity index (χ1v) is 6.60. The molecule has 1 aliphatic rings. The van der Waals surface area contributed by atoms with Crippen LogP contribution >= 0.6 is 0 Å². The fraction of sp³-hybridized carbons (Fsp3) is 0.385. The molecule has 2 aromatic rings. The van der Waals surface area contributed by atoms with Crippen molar-refractivity contribution in [3.63, 3.8) is 0 Å². The first kappa shape index (κ1) is 12.7. The lowest BCUT2D eigenvalue weighted by molar-refractivity contribution is -0.122. The highest BCUT2D eigenvalue weighted by atomic mass is 16.1. The molecule has 7 heteroatoms. The van der Waals surface area contributed by atoms with Crippen LogP contribution in [0, 0.1) is 0 Å². The van der Waals surface area contributed by atoms with Gasteiger partial charge in [0, 0.05) is 6.54 Å². The molecular weight excluding hydrogens is 256 g/mol. The maximum Gasteiger partial charge on any atom is 0.234 e. The molecule has 3 rings (SSSR count). The van der Waals surface area contributed by atoms with Crippen LogP contribution in [0.1, 0.15) is 18.4 Å². The summed E-state index contributed by atoms with van der Waals surface area (Å²) >= 11 is 0. The number of amides is 1. The van der Waals surface area contributed by atoms with Gasteiger partial charge in [-0.1, -0.05) is 18.2 Å². The van der Waals surface area contributed by atoms with Crippen molar-refractivity contribution in [2.75, 3.05) is 6.54 Å². The number of para-hydroxylation sites is 1. The van der Waals surface area contributed by atoms with Gasteiger partial charge in [0.2, 0.25) is 5.91 Å². The SMILES string of the molecule is NC(=O)[C@@H]1CCCN1Cc1ccccc1-n1cnnn1. The molecule has 1 saturated heterocycles. The summed E-state index contributed by atoms with van der Waals surface area (Å²) in [5.74, 6) is -0.248. The van der Waals surface area contributed by atoms with E-state index in [2.05, 4.69) is 20.4 Å². The minimum Gasteiger partial charge on any atom is -0.368 e. The number of carbonyl (C=O) groups excluding carboxylic acids is 1. The van der Waals surface area contributed by atoms with Crippen molar-refractivity contribution in [1.29, 1.82) is 0 Å². The summed E-state index contributed by atoms with van der Waals surface area (Å²) in [4.78, 5) is 13.6. The highest BCUT2D eigenvalue weighted by Gasteiger charge is 2.29. The van der Waals surface area contributed by atoms with Crippen LogP contribution in [0.4, 0.5) is 0 Å². The van der Waals surface area contributed by atoms with Crippen LogP contribution in [0.25, 0.3) is 5.69 Å². The van der Waals surface area contributed by atoms with Crippen LogP contribution in [0.2, 0.25) is 0 Å². The number of nitrogens with two attached hydrogens (primary N) is 1. The third kappa shape index (κ3) is 2.39. The van der Waals surface area contributed by atoms with Gasteiger partial charge in [-0.2, -0.15) is 0 Å². The zero-order chi connectivity index (χ0) is 13.9. The van der Waals surface area contributed by atoms with E-state index in [1.54, 1.807) is 11.0 Å². The summed E-state index contributed by atoms with van der Waals surface area (Å²) in [5, 5.41) is 11.2. The van der Waals surface area contributed by atoms with Crippen molar-refractivity contribution < 1.29 is 4.79 Å². The predicted octanol–water partition coefficient (Wildman–Crippen LogP) is 0.112. The average Bonchev–Trinajstić information content (AvgIpc) is 3.09. The second-order valence-electron chi connectivity index (χ2n) is 4.91. The van der Waals surface area contributed by atoms with Crippen LogP contribution in [-0.4, -0.2) is 43.6 Å². The van der Waals surface area contributed by atoms with Crippen molar-refractivity contribution >= 4 is 5.91 Å². The van der Waals surface area contributed by atoms with Crippen LogP contribution < -0.4 is 5.73 Å². The molecule has 104 valence electrons. The number of hydrogen-bond acceptors (Lipinski definition) is 5. The standard InChI is InChI=1S/C13H16N6O/c14-13(20)12-6-3-7-18(12)8-10-4-1-2-5-11(10)19-9-15-16-17-19/h1-2,4-5,9,12H,3,6-8H2,(H2,14,20)/t12-/m0/s1. The van der Waals surface area contributed by atoms with Crippen molar-refractivity contribution in [3.05, 3.63) is 36.2 Å². The molecule has 1 fully saturated rings. The fourth-order valence-electron chi connectivity index (χ4n) is 2.70. The summed E-state index contributed by atoms with van der Waals surface area (Å²) in [6.07, 6.45) is 3.40. The van der Waals surface area contributed by atoms with E-state index >= 15 is 0 Å². The second kappa shape index (κ2) is 5.38. The van der Waals surface area contributed by atoms with E-state index in [9.17, 15) is 4.79 Å². The average molecular weight is 272 g/mol. The number of hydrogen-bond donors (Lipinski definition) is 1. The maximum atomic E-state index is 11.5. The Morgan fingerprint density at radius 3 is 3.00 bits per heavy atom. The molecule has 2 N–H and O–H groups in total. The lowest BCUT2D eigenvalue weighted by atomic mass is 10.1. The number of primary amides is 1. The van der Waals surface area contributed by atoms with Gasteiger partial charge in [0.15, 0.2) is 0 Å². The van der Waals surface area contributed by atoms with Gasteiger partial charge in [-0.05, 0) is 41.4 Å². The highest BCUT2D eigenvalue weighted by Crippen LogP contribution is 2.22. The Hall–Kier alpha value is -2.28. The van der Waals surface area contributed by atoms with Gasteiger partial charge in [0.05, 0.1) is 11.7 Å². The molecule has 0 unspecified atom stereocenters. The van der Waals surface area contributed by atoms with Gasteiger partial charge in [0.25, 0.3) is 0 Å². The number of nitrogens with zero attached hydrogens (tertiary/aromatic N) is 5. The van der Waals surface area contributed by atoms with Gasteiger partial charge >= 0.3 is 0 Å². The van der Waals surface area contributed by atoms with E-state index in [4.69, 9.17) is 5.73 Å². The summed E-state index contributed by atoms with van der Waals surface area (Å²) in [6, 6.07) is 7.72. The minimum atomic E-state index is -0.248. The monoisotopic (exact) mass is 272 g/mol. The number of likely N-dealkylation sites (tertiary alicyclic amines) is 1. The van der Waals surface area contributed by atoms with Crippen LogP contribution in [-0.2, 0) is 11.3 Å². The third-order valence-electron chi connectivity index (χ3n) is 3.65. The number of tetrazole rings is 1. The molecular formula is C13H16N6O. The van der Waals surface area contributed by atoms with Gasteiger partial charge in [-0.15, -0.1) is 5.10 Å². The molecule has 20 heavy (non-hydrogen) atoms. The first-order valence-electron chi connectivity index (χ1n) is 6.60. The number of carbonyl (C=O) groups is 1. The second-order valence-corrected chi connectivity index (χ2v) is 4.91. The molecule has 0 spiro atoms. The number of benzene rings is 1. The van der Waals surface area contributed by atoms with Crippen LogP contribution in [0.3, 0.4) is 0 Å². The van der Waals surface area contributed by atoms with Crippen molar-refractivity contribution in [1.82, 2.24) is 25.1 Å². The summed E-state index contributed by atoms with van der Waals surface area (Å²) in [6.45, 7) is 1.56. The Morgan fingerprint density at radius 1 is 1.40 bits per heavy atom. The Bertz CT molecular complexity index is 597. The Labute approximate surface area is 116 Å². The van der Waals surface area contributed by atoms with Gasteiger partial charge < -0.3 is 5.73 Å². The maximum absolute atomic E-state index is 11.5. The van der Waals surface area contributed by atoms with Crippen molar-refractivity contribution in [2.24, 2.45) is 5.73 Å². The number of aromatic nitrogens is 4. The summed E-state index contributed by atoms with van der Waals surface area (Å²) in [5.41, 5.74) is 7.46. The molecule has 1 amide bonds. The summed E-state index contributed by atoms with van der Waals surface area (Å²) in [7, 11) is 0. The van der Waals surface area contributed by atoms with Gasteiger partial charge in [-0.25, -0.2) is 4.68 Å². The highest BCUT2D eigenvalue weighted by molar-refractivity contribution is 5.80.